The Hall–Kier alpha value is -1.30. The van der Waals surface area contributed by atoms with Gasteiger partial charge in [-0.05, 0) is 65.9 Å². The van der Waals surface area contributed by atoms with Crippen LogP contribution in [0.1, 0.15) is 32.3 Å². The number of ether oxygens (including phenoxy) is 1. The van der Waals surface area contributed by atoms with Gasteiger partial charge in [-0.1, -0.05) is 23.3 Å². The third-order valence-corrected chi connectivity index (χ3v) is 4.65. The number of rotatable bonds is 4. The third kappa shape index (κ3) is 3.47. The Morgan fingerprint density at radius 3 is 1.96 bits per heavy atom. The third-order valence-electron chi connectivity index (χ3n) is 4.15. The van der Waals surface area contributed by atoms with Crippen molar-refractivity contribution in [3.05, 3.63) is 46.5 Å². The summed E-state index contributed by atoms with van der Waals surface area (Å²) in [6, 6.07) is 6.49. The predicted octanol–water partition coefficient (Wildman–Crippen LogP) is 6.20. The highest BCUT2D eigenvalue weighted by molar-refractivity contribution is 9.10. The molecule has 0 aliphatic heterocycles. The number of allylic oxidation sites excluding steroid dienone is 4. The molecule has 0 fully saturated rings. The van der Waals surface area contributed by atoms with Crippen molar-refractivity contribution in [2.24, 2.45) is 0 Å². The highest BCUT2D eigenvalue weighted by atomic mass is 79.9. The van der Waals surface area contributed by atoms with Gasteiger partial charge in [0, 0.05) is 5.57 Å². The molecule has 0 N–H and O–H groups in total. The van der Waals surface area contributed by atoms with Crippen molar-refractivity contribution in [1.29, 1.82) is 0 Å². The van der Waals surface area contributed by atoms with E-state index in [1.54, 1.807) is 31.2 Å². The molecular weight excluding hydrogens is 376 g/mol. The summed E-state index contributed by atoms with van der Waals surface area (Å²) < 4.78 is 60.5. The maximum atomic E-state index is 14.3. The SMILES string of the molecule is COc1ccc(C2=C(C(F)(F)C(F)(F)Br)CC(C)=C(C)C2)cc1. The molecule has 0 saturated carbocycles. The minimum atomic E-state index is -4.29. The van der Waals surface area contributed by atoms with E-state index in [9.17, 15) is 17.6 Å². The minimum absolute atomic E-state index is 0.165. The summed E-state index contributed by atoms with van der Waals surface area (Å²) in [7, 11) is 1.50. The van der Waals surface area contributed by atoms with Crippen molar-refractivity contribution in [1.82, 2.24) is 0 Å². The van der Waals surface area contributed by atoms with Gasteiger partial charge in [-0.25, -0.2) is 0 Å². The first kappa shape index (κ1) is 18.0. The van der Waals surface area contributed by atoms with Crippen LogP contribution in [0.3, 0.4) is 0 Å². The highest BCUT2D eigenvalue weighted by Crippen LogP contribution is 2.51. The molecule has 0 bridgehead atoms. The summed E-state index contributed by atoms with van der Waals surface area (Å²) >= 11 is 1.84. The van der Waals surface area contributed by atoms with E-state index in [-0.39, 0.29) is 18.4 Å². The van der Waals surface area contributed by atoms with Crippen LogP contribution in [0.5, 0.6) is 5.75 Å². The second-order valence-electron chi connectivity index (χ2n) is 5.67. The molecule has 1 aromatic carbocycles. The van der Waals surface area contributed by atoms with Crippen molar-refractivity contribution in [2.75, 3.05) is 7.11 Å². The van der Waals surface area contributed by atoms with E-state index in [2.05, 4.69) is 0 Å². The Bertz CT molecular complexity index is 654. The number of halogens is 5. The topological polar surface area (TPSA) is 9.23 Å². The fourth-order valence-electron chi connectivity index (χ4n) is 2.59. The van der Waals surface area contributed by atoms with E-state index in [1.807, 2.05) is 22.9 Å². The zero-order chi connectivity index (χ0) is 17.4. The maximum Gasteiger partial charge on any atom is 0.367 e. The lowest BCUT2D eigenvalue weighted by Crippen LogP contribution is -2.38. The molecule has 1 aliphatic carbocycles. The molecule has 1 nitrogen and oxygen atoms in total. The van der Waals surface area contributed by atoms with Gasteiger partial charge in [-0.2, -0.15) is 17.6 Å². The summed E-state index contributed by atoms with van der Waals surface area (Å²) in [5, 5.41) is 0. The zero-order valence-corrected chi connectivity index (χ0v) is 14.6. The van der Waals surface area contributed by atoms with Gasteiger partial charge in [-0.3, -0.25) is 0 Å². The molecule has 0 aromatic heterocycles. The molecule has 6 heteroatoms. The summed E-state index contributed by atoms with van der Waals surface area (Å²) in [5.41, 5.74) is 1.85. The largest absolute Gasteiger partial charge is 0.497 e. The van der Waals surface area contributed by atoms with E-state index in [0.29, 0.717) is 16.9 Å². The van der Waals surface area contributed by atoms with Crippen LogP contribution in [-0.4, -0.2) is 17.9 Å². The molecule has 0 spiro atoms. The number of hydrogen-bond acceptors (Lipinski definition) is 1. The fourth-order valence-corrected chi connectivity index (χ4v) is 2.82. The Labute approximate surface area is 141 Å². The van der Waals surface area contributed by atoms with Gasteiger partial charge >= 0.3 is 10.8 Å². The van der Waals surface area contributed by atoms with Gasteiger partial charge in [0.05, 0.1) is 7.11 Å². The molecule has 23 heavy (non-hydrogen) atoms. The van der Waals surface area contributed by atoms with Crippen molar-refractivity contribution < 1.29 is 22.3 Å². The number of methoxy groups -OCH3 is 1. The van der Waals surface area contributed by atoms with Crippen molar-refractivity contribution >= 4 is 21.5 Å². The van der Waals surface area contributed by atoms with Gasteiger partial charge in [0.1, 0.15) is 5.75 Å². The molecule has 1 aliphatic rings. The van der Waals surface area contributed by atoms with Gasteiger partial charge in [0.25, 0.3) is 0 Å². The maximum absolute atomic E-state index is 14.3. The zero-order valence-electron chi connectivity index (χ0n) is 13.0. The average molecular weight is 393 g/mol. The lowest BCUT2D eigenvalue weighted by molar-refractivity contribution is -0.120. The first-order chi connectivity index (χ1) is 10.6. The predicted molar refractivity (Wildman–Crippen MR) is 86.3 cm³/mol. The normalized spacial score (nSPS) is 16.9. The number of benzene rings is 1. The van der Waals surface area contributed by atoms with E-state index >= 15 is 0 Å². The quantitative estimate of drug-likeness (QED) is 0.336. The standard InChI is InChI=1S/C17H17BrF4O/c1-10-8-14(12-4-6-13(23-3)7-5-12)15(9-11(10)2)16(19,20)17(18,21)22/h4-7H,8-9H2,1-3H3. The fraction of sp³-hybridized carbons (Fsp3) is 0.412. The smallest absolute Gasteiger partial charge is 0.367 e. The van der Waals surface area contributed by atoms with E-state index in [0.717, 1.165) is 5.57 Å². The van der Waals surface area contributed by atoms with Crippen LogP contribution in [0.2, 0.25) is 0 Å². The molecule has 126 valence electrons. The van der Waals surface area contributed by atoms with Gasteiger partial charge in [-0.15, -0.1) is 0 Å². The van der Waals surface area contributed by atoms with E-state index in [4.69, 9.17) is 4.74 Å². The van der Waals surface area contributed by atoms with Crippen molar-refractivity contribution in [3.8, 4) is 5.75 Å². The molecule has 0 amide bonds. The molecule has 1 aromatic rings. The summed E-state index contributed by atoms with van der Waals surface area (Å²) in [5.74, 6) is -3.68. The first-order valence-corrected chi connectivity index (χ1v) is 7.84. The lowest BCUT2D eigenvalue weighted by Gasteiger charge is -2.31. The van der Waals surface area contributed by atoms with Crippen molar-refractivity contribution in [3.63, 3.8) is 0 Å². The van der Waals surface area contributed by atoms with E-state index in [1.165, 1.54) is 7.11 Å². The lowest BCUT2D eigenvalue weighted by atomic mass is 9.81. The van der Waals surface area contributed by atoms with E-state index < -0.39 is 16.3 Å². The minimum Gasteiger partial charge on any atom is -0.497 e. The van der Waals surface area contributed by atoms with Gasteiger partial charge in [0.2, 0.25) is 0 Å². The van der Waals surface area contributed by atoms with Crippen LogP contribution in [0.25, 0.3) is 5.57 Å². The molecule has 0 heterocycles. The number of hydrogen-bond donors (Lipinski definition) is 0. The second kappa shape index (κ2) is 6.30. The van der Waals surface area contributed by atoms with Crippen LogP contribution in [-0.2, 0) is 0 Å². The second-order valence-corrected chi connectivity index (χ2v) is 6.67. The first-order valence-electron chi connectivity index (χ1n) is 7.04. The molecule has 2 rings (SSSR count). The van der Waals surface area contributed by atoms with Gasteiger partial charge < -0.3 is 4.74 Å². The molecule has 0 radical (unpaired) electrons. The monoisotopic (exact) mass is 392 g/mol. The highest BCUT2D eigenvalue weighted by Gasteiger charge is 2.57. The Morgan fingerprint density at radius 2 is 1.48 bits per heavy atom. The van der Waals surface area contributed by atoms with Crippen LogP contribution in [0, 0.1) is 0 Å². The summed E-state index contributed by atoms with van der Waals surface area (Å²) in [6.45, 7) is 3.53. The van der Waals surface area contributed by atoms with Crippen LogP contribution < -0.4 is 4.74 Å². The molecule has 0 saturated heterocycles. The Balaban J connectivity index is 2.58. The van der Waals surface area contributed by atoms with Gasteiger partial charge in [0.15, 0.2) is 0 Å². The molecule has 0 atom stereocenters. The van der Waals surface area contributed by atoms with Crippen LogP contribution >= 0.6 is 15.9 Å². The number of alkyl halides is 5. The van der Waals surface area contributed by atoms with Crippen molar-refractivity contribution in [2.45, 2.75) is 37.4 Å². The van der Waals surface area contributed by atoms with Crippen LogP contribution in [0.15, 0.2) is 41.0 Å². The summed E-state index contributed by atoms with van der Waals surface area (Å²) in [6.07, 6.45) is 0.0630. The summed E-state index contributed by atoms with van der Waals surface area (Å²) in [4.78, 5) is -4.29. The molecule has 0 unspecified atom stereocenters. The Kier molecular flexibility index (Phi) is 4.95. The Morgan fingerprint density at radius 1 is 0.957 bits per heavy atom. The average Bonchev–Trinajstić information content (AvgIpc) is 2.48. The molecular formula is C17H17BrF4O. The van der Waals surface area contributed by atoms with Crippen LogP contribution in [0.4, 0.5) is 17.6 Å².